The zero-order valence-corrected chi connectivity index (χ0v) is 17.8. The van der Waals surface area contributed by atoms with Crippen molar-refractivity contribution in [2.75, 3.05) is 26.4 Å². The van der Waals surface area contributed by atoms with Gasteiger partial charge in [0.25, 0.3) is 0 Å². The molecule has 3 heterocycles. The molecule has 3 rings (SSSR count). The van der Waals surface area contributed by atoms with Gasteiger partial charge < -0.3 is 79.9 Å². The average molecular weight is 504 g/mol. The lowest BCUT2D eigenvalue weighted by atomic mass is 9.98. The molecule has 0 spiro atoms. The van der Waals surface area contributed by atoms with E-state index in [1.165, 1.54) is 0 Å². The van der Waals surface area contributed by atoms with Crippen LogP contribution in [0, 0.1) is 0 Å². The van der Waals surface area contributed by atoms with E-state index in [1.807, 2.05) is 0 Å². The van der Waals surface area contributed by atoms with E-state index in [4.69, 9.17) is 23.7 Å². The van der Waals surface area contributed by atoms with Crippen molar-refractivity contribution in [1.82, 2.24) is 0 Å². The number of rotatable bonds is 8. The van der Waals surface area contributed by atoms with Crippen LogP contribution in [-0.4, -0.2) is 168 Å². The van der Waals surface area contributed by atoms with Gasteiger partial charge in [-0.25, -0.2) is 0 Å². The van der Waals surface area contributed by atoms with Gasteiger partial charge in [0.1, 0.15) is 73.8 Å². The fourth-order valence-corrected chi connectivity index (χ4v) is 4.12. The van der Waals surface area contributed by atoms with E-state index in [2.05, 4.69) is 0 Å². The SMILES string of the molecule is OCC1O[C@@H](OC2C(O)C(CO)O[C@@]2(CO)O[C@@H]2OC(CO)C(O)C(O)C2O)C(O)C(O)C1O. The molecule has 3 aliphatic heterocycles. The minimum Gasteiger partial charge on any atom is -0.394 e. The molecule has 0 bridgehead atoms. The molecule has 16 nitrogen and oxygen atoms in total. The minimum atomic E-state index is -2.43. The summed E-state index contributed by atoms with van der Waals surface area (Å²) in [5.41, 5.74) is 0. The second kappa shape index (κ2) is 11.2. The van der Waals surface area contributed by atoms with Gasteiger partial charge in [-0.2, -0.15) is 0 Å². The Hall–Kier alpha value is -0.640. The van der Waals surface area contributed by atoms with Crippen molar-refractivity contribution in [2.45, 2.75) is 85.5 Å². The van der Waals surface area contributed by atoms with Gasteiger partial charge in [0.05, 0.1) is 19.8 Å². The first-order valence-electron chi connectivity index (χ1n) is 10.6. The van der Waals surface area contributed by atoms with Crippen LogP contribution in [0.25, 0.3) is 0 Å². The van der Waals surface area contributed by atoms with Crippen LogP contribution < -0.4 is 0 Å². The molecular formula is C18H32O16. The summed E-state index contributed by atoms with van der Waals surface area (Å²) in [4.78, 5) is 0. The Bertz CT molecular complexity index is 651. The quantitative estimate of drug-likeness (QED) is 0.146. The van der Waals surface area contributed by atoms with Crippen LogP contribution in [0.4, 0.5) is 0 Å². The Kier molecular flexibility index (Phi) is 9.18. The number of aliphatic hydroxyl groups is 11. The third kappa shape index (κ3) is 4.96. The molecule has 0 radical (unpaired) electrons. The average Bonchev–Trinajstić information content (AvgIpc) is 3.10. The van der Waals surface area contributed by atoms with E-state index in [0.717, 1.165) is 0 Å². The topological polar surface area (TPSA) is 269 Å². The standard InChI is InChI=1S/C18H32O16/c19-1-5-8(23)11(26)13(28)16(30-5)32-15-10(25)7(3-21)33-18(15,4-22)34-17-14(29)12(27)9(24)6(2-20)31-17/h5-17,19-29H,1-4H2/t5?,6?,7?,8?,9?,10?,11?,12?,13?,14?,15?,16-,17-,18-/m0/s1. The fourth-order valence-electron chi connectivity index (χ4n) is 4.12. The zero-order chi connectivity index (χ0) is 25.4. The van der Waals surface area contributed by atoms with Gasteiger partial charge >= 0.3 is 0 Å². The molecule has 3 saturated heterocycles. The van der Waals surface area contributed by atoms with E-state index in [1.54, 1.807) is 0 Å². The lowest BCUT2D eigenvalue weighted by molar-refractivity contribution is -0.400. The molecule has 0 aromatic carbocycles. The maximum atomic E-state index is 10.6. The summed E-state index contributed by atoms with van der Waals surface area (Å²) in [5, 5.41) is 109. The number of hydrogen-bond acceptors (Lipinski definition) is 16. The Morgan fingerprint density at radius 3 is 1.50 bits per heavy atom. The van der Waals surface area contributed by atoms with Crippen LogP contribution in [0.5, 0.6) is 0 Å². The second-order valence-electron chi connectivity index (χ2n) is 8.37. The molecule has 3 aliphatic rings. The second-order valence-corrected chi connectivity index (χ2v) is 8.37. The van der Waals surface area contributed by atoms with Crippen LogP contribution in [0.3, 0.4) is 0 Å². The van der Waals surface area contributed by atoms with Gasteiger partial charge in [0, 0.05) is 0 Å². The fraction of sp³-hybridized carbons (Fsp3) is 1.00. The largest absolute Gasteiger partial charge is 0.394 e. The Morgan fingerprint density at radius 1 is 0.559 bits per heavy atom. The summed E-state index contributed by atoms with van der Waals surface area (Å²) in [6.07, 6.45) is -22.3. The van der Waals surface area contributed by atoms with Crippen molar-refractivity contribution in [1.29, 1.82) is 0 Å². The number of ether oxygens (including phenoxy) is 5. The highest BCUT2D eigenvalue weighted by Gasteiger charge is 2.61. The van der Waals surface area contributed by atoms with E-state index < -0.39 is 112 Å². The molecular weight excluding hydrogens is 472 g/mol. The molecule has 14 atom stereocenters. The molecule has 0 saturated carbocycles. The normalized spacial score (nSPS) is 52.1. The summed E-state index contributed by atoms with van der Waals surface area (Å²) in [5.74, 6) is -2.43. The molecule has 3 fully saturated rings. The van der Waals surface area contributed by atoms with Crippen LogP contribution in [0.2, 0.25) is 0 Å². The van der Waals surface area contributed by atoms with Gasteiger partial charge in [-0.15, -0.1) is 0 Å². The van der Waals surface area contributed by atoms with Crippen LogP contribution in [0.15, 0.2) is 0 Å². The van der Waals surface area contributed by atoms with E-state index in [-0.39, 0.29) is 0 Å². The highest BCUT2D eigenvalue weighted by atomic mass is 16.8. The summed E-state index contributed by atoms with van der Waals surface area (Å²) in [7, 11) is 0. The molecule has 0 amide bonds. The molecule has 200 valence electrons. The van der Waals surface area contributed by atoms with Crippen LogP contribution in [-0.2, 0) is 23.7 Å². The highest BCUT2D eigenvalue weighted by molar-refractivity contribution is 5.01. The highest BCUT2D eigenvalue weighted by Crippen LogP contribution is 2.39. The van der Waals surface area contributed by atoms with Gasteiger partial charge in [0.2, 0.25) is 5.79 Å². The lowest BCUT2D eigenvalue weighted by Gasteiger charge is -2.45. The summed E-state index contributed by atoms with van der Waals surface area (Å²) < 4.78 is 27.0. The first-order chi connectivity index (χ1) is 16.0. The van der Waals surface area contributed by atoms with E-state index >= 15 is 0 Å². The van der Waals surface area contributed by atoms with Crippen molar-refractivity contribution < 1.29 is 79.9 Å². The van der Waals surface area contributed by atoms with Crippen molar-refractivity contribution >= 4 is 0 Å². The monoisotopic (exact) mass is 504 g/mol. The molecule has 11 unspecified atom stereocenters. The third-order valence-electron chi connectivity index (χ3n) is 6.17. The minimum absolute atomic E-state index is 0.777. The predicted molar refractivity (Wildman–Crippen MR) is 101 cm³/mol. The smallest absolute Gasteiger partial charge is 0.224 e. The molecule has 34 heavy (non-hydrogen) atoms. The molecule has 0 aromatic rings. The van der Waals surface area contributed by atoms with Crippen LogP contribution >= 0.6 is 0 Å². The molecule has 11 N–H and O–H groups in total. The zero-order valence-electron chi connectivity index (χ0n) is 17.8. The number of aliphatic hydroxyl groups excluding tert-OH is 11. The lowest BCUT2D eigenvalue weighted by Crippen LogP contribution is -2.64. The molecule has 0 aromatic heterocycles. The maximum absolute atomic E-state index is 10.6. The van der Waals surface area contributed by atoms with Gasteiger partial charge in [-0.05, 0) is 0 Å². The first-order valence-corrected chi connectivity index (χ1v) is 10.6. The van der Waals surface area contributed by atoms with Crippen molar-refractivity contribution in [3.05, 3.63) is 0 Å². The predicted octanol–water partition coefficient (Wildman–Crippen LogP) is -7.57. The van der Waals surface area contributed by atoms with Crippen molar-refractivity contribution in [3.63, 3.8) is 0 Å². The summed E-state index contributed by atoms with van der Waals surface area (Å²) >= 11 is 0. The Balaban J connectivity index is 1.87. The van der Waals surface area contributed by atoms with E-state index in [0.29, 0.717) is 0 Å². The van der Waals surface area contributed by atoms with Crippen molar-refractivity contribution in [3.8, 4) is 0 Å². The first kappa shape index (κ1) is 27.9. The summed E-state index contributed by atoms with van der Waals surface area (Å²) in [6, 6.07) is 0. The Morgan fingerprint density at radius 2 is 1.03 bits per heavy atom. The maximum Gasteiger partial charge on any atom is 0.224 e. The molecule has 16 heteroatoms. The van der Waals surface area contributed by atoms with Gasteiger partial charge in [-0.1, -0.05) is 0 Å². The number of hydrogen-bond donors (Lipinski definition) is 11. The molecule has 0 aliphatic carbocycles. The van der Waals surface area contributed by atoms with Crippen LogP contribution in [0.1, 0.15) is 0 Å². The summed E-state index contributed by atoms with van der Waals surface area (Å²) in [6.45, 7) is -3.49. The Labute approximate surface area is 192 Å². The van der Waals surface area contributed by atoms with Gasteiger partial charge in [-0.3, -0.25) is 0 Å². The van der Waals surface area contributed by atoms with E-state index in [9.17, 15) is 56.2 Å². The van der Waals surface area contributed by atoms with Gasteiger partial charge in [0.15, 0.2) is 12.6 Å². The van der Waals surface area contributed by atoms with Crippen molar-refractivity contribution in [2.24, 2.45) is 0 Å². The third-order valence-corrected chi connectivity index (χ3v) is 6.17.